The third kappa shape index (κ3) is 3.79. The molecule has 0 spiro atoms. The Balaban J connectivity index is 1.48. The molecule has 9 heteroatoms. The van der Waals surface area contributed by atoms with E-state index in [-0.39, 0.29) is 11.3 Å². The highest BCUT2D eigenvalue weighted by Gasteiger charge is 2.46. The largest absolute Gasteiger partial charge is 0.503 e. The summed E-state index contributed by atoms with van der Waals surface area (Å²) < 4.78 is 22.1. The third-order valence-electron chi connectivity index (χ3n) is 6.07. The molecule has 172 valence electrons. The van der Waals surface area contributed by atoms with Crippen molar-refractivity contribution in [1.29, 1.82) is 0 Å². The number of amides is 1. The van der Waals surface area contributed by atoms with Gasteiger partial charge in [-0.05, 0) is 24.3 Å². The van der Waals surface area contributed by atoms with Gasteiger partial charge in [0.1, 0.15) is 11.8 Å². The van der Waals surface area contributed by atoms with E-state index in [4.69, 9.17) is 18.3 Å². The van der Waals surface area contributed by atoms with E-state index in [0.29, 0.717) is 48.8 Å². The van der Waals surface area contributed by atoms with E-state index in [0.717, 1.165) is 13.1 Å². The lowest BCUT2D eigenvalue weighted by atomic mass is 9.99. The van der Waals surface area contributed by atoms with E-state index in [9.17, 15) is 14.7 Å². The van der Waals surface area contributed by atoms with Gasteiger partial charge >= 0.3 is 0 Å². The molecule has 0 radical (unpaired) electrons. The topological polar surface area (TPSA) is 106 Å². The molecular formula is C24H24N2O7. The van der Waals surface area contributed by atoms with Crippen LogP contribution in [0.5, 0.6) is 5.75 Å². The quantitative estimate of drug-likeness (QED) is 0.546. The minimum Gasteiger partial charge on any atom is -0.503 e. The lowest BCUT2D eigenvalue weighted by molar-refractivity contribution is -0.130. The lowest BCUT2D eigenvalue weighted by Gasteiger charge is -2.30. The summed E-state index contributed by atoms with van der Waals surface area (Å²) in [6.07, 6.45) is 1.48. The van der Waals surface area contributed by atoms with E-state index < -0.39 is 23.5 Å². The van der Waals surface area contributed by atoms with E-state index in [1.54, 1.807) is 36.4 Å². The Labute approximate surface area is 189 Å². The van der Waals surface area contributed by atoms with E-state index in [1.165, 1.54) is 18.3 Å². The summed E-state index contributed by atoms with van der Waals surface area (Å²) in [6.45, 7) is 3.71. The van der Waals surface area contributed by atoms with Crippen molar-refractivity contribution in [2.45, 2.75) is 6.04 Å². The Hall–Kier alpha value is -3.56. The van der Waals surface area contributed by atoms with Crippen LogP contribution in [0.1, 0.15) is 22.4 Å². The van der Waals surface area contributed by atoms with Gasteiger partial charge < -0.3 is 28.3 Å². The number of aliphatic hydroxyl groups is 1. The summed E-state index contributed by atoms with van der Waals surface area (Å²) in [7, 11) is 1.52. The van der Waals surface area contributed by atoms with Gasteiger partial charge in [0.05, 0.1) is 32.2 Å². The molecule has 1 aromatic carbocycles. The fraction of sp³-hybridized carbons (Fsp3) is 0.333. The molecule has 1 atom stereocenters. The van der Waals surface area contributed by atoms with Crippen molar-refractivity contribution in [2.75, 3.05) is 46.5 Å². The first kappa shape index (κ1) is 21.3. The van der Waals surface area contributed by atoms with Crippen molar-refractivity contribution in [2.24, 2.45) is 0 Å². The normalized spacial score (nSPS) is 19.6. The summed E-state index contributed by atoms with van der Waals surface area (Å²) in [6, 6.07) is 9.42. The smallest absolute Gasteiger partial charge is 0.290 e. The van der Waals surface area contributed by atoms with Crippen LogP contribution in [0.2, 0.25) is 0 Å². The fourth-order valence-corrected chi connectivity index (χ4v) is 4.37. The maximum atomic E-state index is 13.5. The molecule has 1 amide bonds. The molecule has 9 nitrogen and oxygen atoms in total. The molecule has 0 aliphatic carbocycles. The molecule has 1 saturated heterocycles. The van der Waals surface area contributed by atoms with Crippen LogP contribution in [0.15, 0.2) is 62.8 Å². The number of furan rings is 2. The number of fused-ring (bicyclic) bond motifs is 1. The van der Waals surface area contributed by atoms with Gasteiger partial charge in [-0.25, -0.2) is 0 Å². The number of carbonyl (C=O) groups excluding carboxylic acids is 2. The minimum absolute atomic E-state index is 0.00966. The van der Waals surface area contributed by atoms with Crippen molar-refractivity contribution in [3.05, 3.63) is 65.5 Å². The summed E-state index contributed by atoms with van der Waals surface area (Å²) in [4.78, 5) is 30.2. The Morgan fingerprint density at radius 1 is 1.18 bits per heavy atom. The zero-order valence-electron chi connectivity index (χ0n) is 18.2. The van der Waals surface area contributed by atoms with E-state index in [2.05, 4.69) is 4.90 Å². The highest BCUT2D eigenvalue weighted by Crippen LogP contribution is 2.40. The minimum atomic E-state index is -0.851. The van der Waals surface area contributed by atoms with Gasteiger partial charge in [-0.1, -0.05) is 12.1 Å². The number of hydrogen-bond acceptors (Lipinski definition) is 8. The molecule has 2 aliphatic rings. The Morgan fingerprint density at radius 3 is 2.73 bits per heavy atom. The number of aliphatic hydroxyl groups excluding tert-OH is 1. The molecule has 33 heavy (non-hydrogen) atoms. The van der Waals surface area contributed by atoms with Gasteiger partial charge in [0, 0.05) is 31.6 Å². The van der Waals surface area contributed by atoms with Crippen LogP contribution in [0.3, 0.4) is 0 Å². The summed E-state index contributed by atoms with van der Waals surface area (Å²) in [5.74, 6) is -0.879. The standard InChI is InChI=1S/C24H24N2O7/c1-30-17-5-2-4-15-14-18(33-23(15)17)21(27)19-20(16-6-3-11-32-16)26(24(29)22(19)28)8-7-25-9-12-31-13-10-25/h2-6,11,14,20,28H,7-10,12-13H2,1H3/t20-/m1/s1. The third-order valence-corrected chi connectivity index (χ3v) is 6.07. The molecule has 0 bridgehead atoms. The second-order valence-electron chi connectivity index (χ2n) is 7.95. The highest BCUT2D eigenvalue weighted by atomic mass is 16.5. The van der Waals surface area contributed by atoms with Gasteiger partial charge in [0.2, 0.25) is 5.78 Å². The van der Waals surface area contributed by atoms with Gasteiger partial charge in [-0.15, -0.1) is 0 Å². The van der Waals surface area contributed by atoms with Crippen LogP contribution in [-0.4, -0.2) is 73.1 Å². The van der Waals surface area contributed by atoms with Gasteiger partial charge in [0.15, 0.2) is 22.9 Å². The lowest BCUT2D eigenvalue weighted by Crippen LogP contribution is -2.43. The Morgan fingerprint density at radius 2 is 2.00 bits per heavy atom. The molecule has 4 heterocycles. The second kappa shape index (κ2) is 8.76. The first-order chi connectivity index (χ1) is 16.1. The number of hydrogen-bond donors (Lipinski definition) is 1. The predicted octanol–water partition coefficient (Wildman–Crippen LogP) is 2.94. The molecule has 0 saturated carbocycles. The Kier molecular flexibility index (Phi) is 5.65. The summed E-state index contributed by atoms with van der Waals surface area (Å²) in [5.41, 5.74) is 0.362. The number of Topliss-reactive ketones (excluding diaryl/α,β-unsaturated/α-hetero) is 1. The van der Waals surface area contributed by atoms with Crippen LogP contribution in [0.25, 0.3) is 11.0 Å². The number of para-hydroxylation sites is 1. The maximum Gasteiger partial charge on any atom is 0.290 e. The highest BCUT2D eigenvalue weighted by molar-refractivity contribution is 6.16. The summed E-state index contributed by atoms with van der Waals surface area (Å²) in [5, 5.41) is 11.4. The number of methoxy groups -OCH3 is 1. The summed E-state index contributed by atoms with van der Waals surface area (Å²) >= 11 is 0. The Bertz CT molecular complexity index is 1200. The molecule has 2 aromatic heterocycles. The van der Waals surface area contributed by atoms with Crippen molar-refractivity contribution < 1.29 is 33.0 Å². The number of nitrogens with zero attached hydrogens (tertiary/aromatic N) is 2. The van der Waals surface area contributed by atoms with Crippen LogP contribution >= 0.6 is 0 Å². The van der Waals surface area contributed by atoms with Crippen molar-refractivity contribution >= 4 is 22.7 Å². The average molecular weight is 452 g/mol. The molecule has 2 aliphatic heterocycles. The van der Waals surface area contributed by atoms with Gasteiger partial charge in [-0.2, -0.15) is 0 Å². The zero-order chi connectivity index (χ0) is 22.9. The fourth-order valence-electron chi connectivity index (χ4n) is 4.37. The number of rotatable bonds is 7. The zero-order valence-corrected chi connectivity index (χ0v) is 18.2. The average Bonchev–Trinajstić information content (AvgIpc) is 3.57. The molecule has 1 N–H and O–H groups in total. The van der Waals surface area contributed by atoms with Gasteiger partial charge in [-0.3, -0.25) is 14.5 Å². The van der Waals surface area contributed by atoms with E-state index in [1.807, 2.05) is 0 Å². The number of carbonyl (C=O) groups is 2. The first-order valence-corrected chi connectivity index (χ1v) is 10.8. The van der Waals surface area contributed by atoms with Crippen LogP contribution in [-0.2, 0) is 9.53 Å². The number of ether oxygens (including phenoxy) is 2. The van der Waals surface area contributed by atoms with Crippen LogP contribution in [0, 0.1) is 0 Å². The van der Waals surface area contributed by atoms with Gasteiger partial charge in [0.25, 0.3) is 5.91 Å². The van der Waals surface area contributed by atoms with Crippen molar-refractivity contribution in [3.8, 4) is 5.75 Å². The predicted molar refractivity (Wildman–Crippen MR) is 117 cm³/mol. The second-order valence-corrected chi connectivity index (χ2v) is 7.95. The molecule has 3 aromatic rings. The van der Waals surface area contributed by atoms with Crippen molar-refractivity contribution in [3.63, 3.8) is 0 Å². The van der Waals surface area contributed by atoms with Crippen molar-refractivity contribution in [1.82, 2.24) is 9.80 Å². The number of morpholine rings is 1. The van der Waals surface area contributed by atoms with Crippen LogP contribution < -0.4 is 4.74 Å². The molecular weight excluding hydrogens is 428 g/mol. The molecule has 0 unspecified atom stereocenters. The SMILES string of the molecule is COc1cccc2cc(C(=O)C3=C(O)C(=O)N(CCN4CCOCC4)[C@@H]3c3ccco3)oc12. The molecule has 1 fully saturated rings. The number of ketones is 1. The first-order valence-electron chi connectivity index (χ1n) is 10.8. The number of benzene rings is 1. The monoisotopic (exact) mass is 452 g/mol. The molecule has 5 rings (SSSR count). The maximum absolute atomic E-state index is 13.5. The van der Waals surface area contributed by atoms with Crippen LogP contribution in [0.4, 0.5) is 0 Å². The van der Waals surface area contributed by atoms with E-state index >= 15 is 0 Å².